The molecule has 0 saturated carbocycles. The summed E-state index contributed by atoms with van der Waals surface area (Å²) in [7, 11) is 0. The Labute approximate surface area is 103 Å². The minimum absolute atomic E-state index is 0.152. The zero-order valence-electron chi connectivity index (χ0n) is 8.97. The second-order valence-electron chi connectivity index (χ2n) is 4.43. The van der Waals surface area contributed by atoms with Crippen molar-refractivity contribution in [3.05, 3.63) is 26.8 Å². The summed E-state index contributed by atoms with van der Waals surface area (Å²) >= 11 is 2.03. The molecule has 1 amide bonds. The first-order chi connectivity index (χ1) is 6.75. The topological polar surface area (TPSA) is 63.3 Å². The largest absolute Gasteiger partial charge is 0.507 e. The van der Waals surface area contributed by atoms with Crippen molar-refractivity contribution >= 4 is 28.5 Å². The molecule has 0 aliphatic rings. The molecule has 3 nitrogen and oxygen atoms in total. The predicted molar refractivity (Wildman–Crippen MR) is 68.0 cm³/mol. The smallest absolute Gasteiger partial charge is 0.249 e. The van der Waals surface area contributed by atoms with E-state index in [1.54, 1.807) is 12.1 Å². The Morgan fingerprint density at radius 2 is 1.93 bits per heavy atom. The highest BCUT2D eigenvalue weighted by Crippen LogP contribution is 2.36. The maximum Gasteiger partial charge on any atom is 0.249 e. The molecule has 0 atom stereocenters. The van der Waals surface area contributed by atoms with Crippen molar-refractivity contribution in [2.75, 3.05) is 0 Å². The number of carbonyl (C=O) groups is 1. The van der Waals surface area contributed by atoms with Crippen LogP contribution in [0.25, 0.3) is 0 Å². The van der Waals surface area contributed by atoms with E-state index in [9.17, 15) is 9.90 Å². The molecule has 0 bridgehead atoms. The Kier molecular flexibility index (Phi) is 3.28. The number of phenols is 1. The van der Waals surface area contributed by atoms with Crippen molar-refractivity contribution in [1.29, 1.82) is 0 Å². The molecule has 0 spiro atoms. The Hall–Kier alpha value is -0.780. The average molecular weight is 319 g/mol. The molecule has 0 unspecified atom stereocenters. The number of aromatic hydroxyl groups is 1. The quantitative estimate of drug-likeness (QED) is 0.781. The average Bonchev–Trinajstić information content (AvgIpc) is 2.06. The van der Waals surface area contributed by atoms with E-state index in [0.29, 0.717) is 11.1 Å². The van der Waals surface area contributed by atoms with Gasteiger partial charge in [-0.25, -0.2) is 0 Å². The lowest BCUT2D eigenvalue weighted by atomic mass is 9.83. The number of carbonyl (C=O) groups excluding carboxylic acids is 1. The van der Waals surface area contributed by atoms with Gasteiger partial charge in [0, 0.05) is 11.1 Å². The molecule has 1 aromatic carbocycles. The van der Waals surface area contributed by atoms with E-state index >= 15 is 0 Å². The number of rotatable bonds is 1. The summed E-state index contributed by atoms with van der Waals surface area (Å²) in [6.45, 7) is 5.81. The molecule has 4 heteroatoms. The fraction of sp³-hybridized carbons (Fsp3) is 0.364. The van der Waals surface area contributed by atoms with Crippen LogP contribution in [0, 0.1) is 3.57 Å². The zero-order chi connectivity index (χ0) is 11.8. The van der Waals surface area contributed by atoms with Crippen LogP contribution in [0.3, 0.4) is 0 Å². The van der Waals surface area contributed by atoms with Gasteiger partial charge in [0.1, 0.15) is 5.75 Å². The van der Waals surface area contributed by atoms with Crippen molar-refractivity contribution in [3.8, 4) is 5.75 Å². The molecule has 0 aromatic heterocycles. The van der Waals surface area contributed by atoms with Gasteiger partial charge in [-0.05, 0) is 40.1 Å². The lowest BCUT2D eigenvalue weighted by molar-refractivity contribution is 0.0997. The molecule has 0 aliphatic carbocycles. The molecule has 0 aliphatic heterocycles. The maximum absolute atomic E-state index is 11.2. The molecule has 1 rings (SSSR count). The molecular formula is C11H14INO2. The van der Waals surface area contributed by atoms with Gasteiger partial charge in [0.15, 0.2) is 0 Å². The van der Waals surface area contributed by atoms with Crippen LogP contribution in [-0.2, 0) is 5.41 Å². The summed E-state index contributed by atoms with van der Waals surface area (Å²) in [6, 6.07) is 3.34. The standard InChI is InChI=1S/C11H14INO2/c1-11(2,3)8-6(10(13)15)4-5-7(12)9(8)14/h4-5,14H,1-3H3,(H2,13,15). The van der Waals surface area contributed by atoms with Crippen LogP contribution < -0.4 is 5.73 Å². The minimum Gasteiger partial charge on any atom is -0.507 e. The second-order valence-corrected chi connectivity index (χ2v) is 5.59. The fourth-order valence-electron chi connectivity index (χ4n) is 1.53. The van der Waals surface area contributed by atoms with E-state index in [-0.39, 0.29) is 11.2 Å². The number of halogens is 1. The summed E-state index contributed by atoms with van der Waals surface area (Å²) < 4.78 is 0.725. The Morgan fingerprint density at radius 3 is 2.33 bits per heavy atom. The van der Waals surface area contributed by atoms with Crippen molar-refractivity contribution in [3.63, 3.8) is 0 Å². The number of benzene rings is 1. The van der Waals surface area contributed by atoms with Crippen molar-refractivity contribution in [2.24, 2.45) is 5.73 Å². The van der Waals surface area contributed by atoms with Crippen molar-refractivity contribution < 1.29 is 9.90 Å². The van der Waals surface area contributed by atoms with Gasteiger partial charge in [0.05, 0.1) is 3.57 Å². The van der Waals surface area contributed by atoms with Gasteiger partial charge in [-0.2, -0.15) is 0 Å². The van der Waals surface area contributed by atoms with E-state index in [1.165, 1.54) is 0 Å². The van der Waals surface area contributed by atoms with E-state index in [1.807, 2.05) is 43.4 Å². The summed E-state index contributed by atoms with van der Waals surface area (Å²) in [6.07, 6.45) is 0. The highest BCUT2D eigenvalue weighted by atomic mass is 127. The number of amides is 1. The van der Waals surface area contributed by atoms with Crippen LogP contribution in [0.5, 0.6) is 5.75 Å². The SMILES string of the molecule is CC(C)(C)c1c(C(N)=O)ccc(I)c1O. The van der Waals surface area contributed by atoms with E-state index in [2.05, 4.69) is 0 Å². The van der Waals surface area contributed by atoms with Crippen LogP contribution in [0.4, 0.5) is 0 Å². The first-order valence-corrected chi connectivity index (χ1v) is 5.64. The lowest BCUT2D eigenvalue weighted by Gasteiger charge is -2.23. The van der Waals surface area contributed by atoms with Crippen LogP contribution >= 0.6 is 22.6 Å². The Morgan fingerprint density at radius 1 is 1.40 bits per heavy atom. The summed E-state index contributed by atoms with van der Waals surface area (Å²) in [5, 5.41) is 9.95. The van der Waals surface area contributed by atoms with E-state index in [4.69, 9.17) is 5.73 Å². The summed E-state index contributed by atoms with van der Waals surface area (Å²) in [5.74, 6) is -0.356. The highest BCUT2D eigenvalue weighted by molar-refractivity contribution is 14.1. The number of hydrogen-bond donors (Lipinski definition) is 2. The normalized spacial score (nSPS) is 11.5. The number of hydrogen-bond acceptors (Lipinski definition) is 2. The number of primary amides is 1. The summed E-state index contributed by atoms with van der Waals surface area (Å²) in [4.78, 5) is 11.2. The molecule has 3 N–H and O–H groups in total. The Bertz CT molecular complexity index is 408. The van der Waals surface area contributed by atoms with Gasteiger partial charge in [-0.3, -0.25) is 4.79 Å². The van der Waals surface area contributed by atoms with Gasteiger partial charge in [-0.1, -0.05) is 20.8 Å². The van der Waals surface area contributed by atoms with E-state index in [0.717, 1.165) is 3.57 Å². The first-order valence-electron chi connectivity index (χ1n) is 4.57. The molecule has 0 radical (unpaired) electrons. The van der Waals surface area contributed by atoms with Crippen LogP contribution in [0.2, 0.25) is 0 Å². The van der Waals surface area contributed by atoms with Gasteiger partial charge in [0.2, 0.25) is 5.91 Å². The maximum atomic E-state index is 11.2. The first kappa shape index (κ1) is 12.3. The molecule has 82 valence electrons. The molecule has 0 fully saturated rings. The highest BCUT2D eigenvalue weighted by Gasteiger charge is 2.25. The van der Waals surface area contributed by atoms with Gasteiger partial charge < -0.3 is 10.8 Å². The second kappa shape index (κ2) is 4.00. The van der Waals surface area contributed by atoms with Crippen LogP contribution in [0.1, 0.15) is 36.7 Å². The third-order valence-electron chi connectivity index (χ3n) is 2.14. The van der Waals surface area contributed by atoms with Crippen molar-refractivity contribution in [2.45, 2.75) is 26.2 Å². The predicted octanol–water partition coefficient (Wildman–Crippen LogP) is 2.39. The minimum atomic E-state index is -0.508. The monoisotopic (exact) mass is 319 g/mol. The molecular weight excluding hydrogens is 305 g/mol. The van der Waals surface area contributed by atoms with E-state index < -0.39 is 5.91 Å². The molecule has 0 heterocycles. The van der Waals surface area contributed by atoms with Crippen LogP contribution in [0.15, 0.2) is 12.1 Å². The zero-order valence-corrected chi connectivity index (χ0v) is 11.1. The molecule has 15 heavy (non-hydrogen) atoms. The third kappa shape index (κ3) is 2.42. The Balaban J connectivity index is 3.57. The summed E-state index contributed by atoms with van der Waals surface area (Å²) in [5.41, 5.74) is 5.97. The fourth-order valence-corrected chi connectivity index (χ4v) is 1.98. The van der Waals surface area contributed by atoms with Gasteiger partial charge in [-0.15, -0.1) is 0 Å². The molecule has 1 aromatic rings. The van der Waals surface area contributed by atoms with Gasteiger partial charge >= 0.3 is 0 Å². The molecule has 0 saturated heterocycles. The van der Waals surface area contributed by atoms with Crippen LogP contribution in [-0.4, -0.2) is 11.0 Å². The third-order valence-corrected chi connectivity index (χ3v) is 3.01. The van der Waals surface area contributed by atoms with Crippen molar-refractivity contribution in [1.82, 2.24) is 0 Å². The van der Waals surface area contributed by atoms with Gasteiger partial charge in [0.25, 0.3) is 0 Å². The number of phenolic OH excluding ortho intramolecular Hbond substituents is 1. The lowest BCUT2D eigenvalue weighted by Crippen LogP contribution is -2.21. The number of nitrogens with two attached hydrogens (primary N) is 1.